The number of rotatable bonds is 4. The Bertz CT molecular complexity index is 699. The van der Waals surface area contributed by atoms with E-state index in [4.69, 9.17) is 30.2 Å². The molecule has 0 aliphatic rings. The number of benzene rings is 2. The fourth-order valence-corrected chi connectivity index (χ4v) is 2.36. The Morgan fingerprint density at radius 3 is 2.23 bits per heavy atom. The molecule has 0 saturated carbocycles. The number of nitrogens with zero attached hydrogens (tertiary/aromatic N) is 1. The van der Waals surface area contributed by atoms with Gasteiger partial charge in [-0.25, -0.2) is 0 Å². The molecule has 0 aromatic heterocycles. The maximum Gasteiger partial charge on any atom is 0.184 e. The van der Waals surface area contributed by atoms with Crippen LogP contribution in [0.2, 0.25) is 0 Å². The Hall–Kier alpha value is -1.58. The third-order valence-electron chi connectivity index (χ3n) is 2.64. The van der Waals surface area contributed by atoms with E-state index < -0.39 is 0 Å². The minimum Gasteiger partial charge on any atom is -0.375 e. The van der Waals surface area contributed by atoms with Crippen molar-refractivity contribution in [3.8, 4) is 0 Å². The number of hydrazone groups is 1. The molecular weight excluding hydrogens is 427 g/mol. The van der Waals surface area contributed by atoms with Gasteiger partial charge in [0.15, 0.2) is 5.11 Å². The zero-order valence-corrected chi connectivity index (χ0v) is 15.2. The van der Waals surface area contributed by atoms with Crippen molar-refractivity contribution in [2.45, 2.75) is 0 Å². The average molecular weight is 440 g/mol. The Morgan fingerprint density at radius 1 is 1.00 bits per heavy atom. The summed E-state index contributed by atoms with van der Waals surface area (Å²) in [6.07, 6.45) is 0. The van der Waals surface area contributed by atoms with Crippen molar-refractivity contribution in [3.05, 3.63) is 63.7 Å². The van der Waals surface area contributed by atoms with Crippen molar-refractivity contribution in [1.82, 2.24) is 5.43 Å². The fraction of sp³-hybridized carbons (Fsp3) is 0. The van der Waals surface area contributed by atoms with Gasteiger partial charge in [0.05, 0.1) is 0 Å². The highest BCUT2D eigenvalue weighted by Gasteiger charge is 2.10. The van der Waals surface area contributed by atoms with Crippen LogP contribution in [0.1, 0.15) is 5.56 Å². The molecule has 0 heterocycles. The van der Waals surface area contributed by atoms with Crippen molar-refractivity contribution in [3.63, 3.8) is 0 Å². The maximum absolute atomic E-state index is 5.46. The van der Waals surface area contributed by atoms with E-state index in [1.54, 1.807) is 0 Å². The zero-order valence-electron chi connectivity index (χ0n) is 11.4. The van der Waals surface area contributed by atoms with Gasteiger partial charge in [-0.05, 0) is 59.1 Å². The van der Waals surface area contributed by atoms with Crippen LogP contribution in [-0.2, 0) is 0 Å². The summed E-state index contributed by atoms with van der Waals surface area (Å²) in [6, 6.07) is 17.5. The largest absolute Gasteiger partial charge is 0.375 e. The molecule has 0 aliphatic carbocycles. The second-order valence-electron chi connectivity index (χ2n) is 4.26. The number of thiocarbonyl (C=S) groups is 2. The van der Waals surface area contributed by atoms with Gasteiger partial charge in [-0.3, -0.25) is 5.43 Å². The molecule has 2 aromatic carbocycles. The van der Waals surface area contributed by atoms with Crippen LogP contribution in [0, 0.1) is 3.57 Å². The van der Waals surface area contributed by atoms with Crippen molar-refractivity contribution < 1.29 is 0 Å². The molecule has 7 heteroatoms. The zero-order chi connectivity index (χ0) is 15.9. The SMILES string of the molecule is NC(=S)N/N=C(\C(=S)Nc1ccc(I)cc1)c1ccccc1. The van der Waals surface area contributed by atoms with Gasteiger partial charge in [0.2, 0.25) is 0 Å². The Morgan fingerprint density at radius 2 is 1.64 bits per heavy atom. The summed E-state index contributed by atoms with van der Waals surface area (Å²) in [5.74, 6) is 0. The minimum atomic E-state index is 0.0884. The smallest absolute Gasteiger partial charge is 0.184 e. The molecule has 0 amide bonds. The number of hydrogen-bond donors (Lipinski definition) is 3. The minimum absolute atomic E-state index is 0.0884. The molecule has 4 nitrogen and oxygen atoms in total. The molecule has 0 bridgehead atoms. The highest BCUT2D eigenvalue weighted by atomic mass is 127. The second-order valence-corrected chi connectivity index (χ2v) is 6.36. The van der Waals surface area contributed by atoms with E-state index >= 15 is 0 Å². The third kappa shape index (κ3) is 5.00. The highest BCUT2D eigenvalue weighted by Crippen LogP contribution is 2.12. The average Bonchev–Trinajstić information content (AvgIpc) is 2.50. The Balaban J connectivity index is 2.24. The molecule has 0 spiro atoms. The Labute approximate surface area is 153 Å². The van der Waals surface area contributed by atoms with Crippen LogP contribution >= 0.6 is 47.0 Å². The van der Waals surface area contributed by atoms with Crippen LogP contribution in [0.15, 0.2) is 59.7 Å². The Kier molecular flexibility index (Phi) is 6.22. The van der Waals surface area contributed by atoms with E-state index in [1.807, 2.05) is 54.6 Å². The van der Waals surface area contributed by atoms with E-state index in [9.17, 15) is 0 Å². The van der Waals surface area contributed by atoms with Crippen LogP contribution < -0.4 is 16.5 Å². The van der Waals surface area contributed by atoms with E-state index in [0.29, 0.717) is 10.7 Å². The van der Waals surface area contributed by atoms with Crippen molar-refractivity contribution in [1.29, 1.82) is 0 Å². The molecule has 22 heavy (non-hydrogen) atoms. The van der Waals surface area contributed by atoms with Crippen LogP contribution in [-0.4, -0.2) is 15.8 Å². The third-order valence-corrected chi connectivity index (χ3v) is 3.75. The summed E-state index contributed by atoms with van der Waals surface area (Å²) < 4.78 is 1.15. The molecule has 0 fully saturated rings. The van der Waals surface area contributed by atoms with E-state index in [2.05, 4.69) is 38.4 Å². The van der Waals surface area contributed by atoms with Gasteiger partial charge in [0, 0.05) is 14.8 Å². The molecule has 0 atom stereocenters. The van der Waals surface area contributed by atoms with Gasteiger partial charge in [-0.15, -0.1) is 0 Å². The molecule has 0 aliphatic heterocycles. The summed E-state index contributed by atoms with van der Waals surface area (Å²) in [5.41, 5.74) is 10.4. The van der Waals surface area contributed by atoms with Crippen LogP contribution in [0.25, 0.3) is 0 Å². The molecule has 2 rings (SSSR count). The quantitative estimate of drug-likeness (QED) is 0.295. The van der Waals surface area contributed by atoms with Gasteiger partial charge in [-0.2, -0.15) is 5.10 Å². The number of anilines is 1. The summed E-state index contributed by atoms with van der Waals surface area (Å²) >= 11 is 12.5. The molecule has 0 radical (unpaired) electrons. The molecule has 4 N–H and O–H groups in total. The fourth-order valence-electron chi connectivity index (χ4n) is 1.68. The number of halogens is 1. The molecule has 2 aromatic rings. The van der Waals surface area contributed by atoms with Crippen LogP contribution in [0.3, 0.4) is 0 Å². The van der Waals surface area contributed by atoms with Crippen molar-refractivity contribution in [2.75, 3.05) is 5.32 Å². The maximum atomic E-state index is 5.46. The first-order valence-electron chi connectivity index (χ1n) is 6.32. The van der Waals surface area contributed by atoms with Crippen molar-refractivity contribution >= 4 is 68.5 Å². The predicted octanol–water partition coefficient (Wildman–Crippen LogP) is 3.27. The number of hydrogen-bond acceptors (Lipinski definition) is 3. The lowest BCUT2D eigenvalue weighted by Crippen LogP contribution is -2.29. The molecule has 112 valence electrons. The summed E-state index contributed by atoms with van der Waals surface area (Å²) in [5, 5.41) is 7.46. The van der Waals surface area contributed by atoms with Gasteiger partial charge in [-0.1, -0.05) is 42.5 Å². The van der Waals surface area contributed by atoms with E-state index in [0.717, 1.165) is 14.8 Å². The summed E-state index contributed by atoms with van der Waals surface area (Å²) in [4.78, 5) is 0.483. The number of nitrogens with one attached hydrogen (secondary N) is 2. The molecule has 0 unspecified atom stereocenters. The first-order valence-corrected chi connectivity index (χ1v) is 8.21. The summed E-state index contributed by atoms with van der Waals surface area (Å²) in [7, 11) is 0. The number of nitrogens with two attached hydrogens (primary N) is 1. The summed E-state index contributed by atoms with van der Waals surface area (Å²) in [6.45, 7) is 0. The standard InChI is InChI=1S/C15H13IN4S2/c16-11-6-8-12(9-7-11)18-14(21)13(19-20-15(17)22)10-4-2-1-3-5-10/h1-9H,(H,18,21)(H3,17,20,22)/b19-13-. The lowest BCUT2D eigenvalue weighted by atomic mass is 10.1. The van der Waals surface area contributed by atoms with E-state index in [1.165, 1.54) is 0 Å². The first kappa shape index (κ1) is 16.8. The van der Waals surface area contributed by atoms with Gasteiger partial charge >= 0.3 is 0 Å². The second kappa shape index (κ2) is 8.16. The lowest BCUT2D eigenvalue weighted by molar-refractivity contribution is 1.04. The predicted molar refractivity (Wildman–Crippen MR) is 108 cm³/mol. The first-order chi connectivity index (χ1) is 10.6. The van der Waals surface area contributed by atoms with Gasteiger partial charge in [0.1, 0.15) is 10.7 Å². The monoisotopic (exact) mass is 440 g/mol. The highest BCUT2D eigenvalue weighted by molar-refractivity contribution is 14.1. The van der Waals surface area contributed by atoms with Gasteiger partial charge < -0.3 is 11.1 Å². The molecule has 0 saturated heterocycles. The van der Waals surface area contributed by atoms with Gasteiger partial charge in [0.25, 0.3) is 0 Å². The normalized spacial score (nSPS) is 10.9. The lowest BCUT2D eigenvalue weighted by Gasteiger charge is -2.11. The molecular formula is C15H13IN4S2. The van der Waals surface area contributed by atoms with E-state index in [-0.39, 0.29) is 5.11 Å². The van der Waals surface area contributed by atoms with Crippen molar-refractivity contribution in [2.24, 2.45) is 10.8 Å². The van der Waals surface area contributed by atoms with Crippen LogP contribution in [0.4, 0.5) is 5.69 Å². The topological polar surface area (TPSA) is 62.4 Å². The van der Waals surface area contributed by atoms with Crippen LogP contribution in [0.5, 0.6) is 0 Å².